The van der Waals surface area contributed by atoms with Crippen molar-refractivity contribution in [1.82, 2.24) is 14.6 Å². The summed E-state index contributed by atoms with van der Waals surface area (Å²) >= 11 is 0. The lowest BCUT2D eigenvalue weighted by Gasteiger charge is -2.17. The van der Waals surface area contributed by atoms with Crippen molar-refractivity contribution in [1.29, 1.82) is 0 Å². The fraction of sp³-hybridized carbons (Fsp3) is 0.286. The lowest BCUT2D eigenvalue weighted by molar-refractivity contribution is -0.121. The number of hydrogen-bond acceptors (Lipinski definition) is 3. The molecule has 2 aromatic carbocycles. The van der Waals surface area contributed by atoms with Gasteiger partial charge in [0.15, 0.2) is 0 Å². The minimum Gasteiger partial charge on any atom is -0.358 e. The molecule has 6 nitrogen and oxygen atoms in total. The van der Waals surface area contributed by atoms with Gasteiger partial charge in [0.1, 0.15) is 0 Å². The van der Waals surface area contributed by atoms with Crippen LogP contribution in [0.1, 0.15) is 22.4 Å². The number of carbonyl (C=O) groups is 1. The molecule has 0 atom stereocenters. The lowest BCUT2D eigenvalue weighted by atomic mass is 10.1. The molecule has 0 aliphatic carbocycles. The van der Waals surface area contributed by atoms with Gasteiger partial charge in [0.25, 0.3) is 0 Å². The highest BCUT2D eigenvalue weighted by Gasteiger charge is 2.22. The molecule has 0 fully saturated rings. The number of aryl methyl sites for hydroxylation is 3. The molecule has 0 saturated carbocycles. The summed E-state index contributed by atoms with van der Waals surface area (Å²) in [6, 6.07) is 12.6. The predicted molar refractivity (Wildman–Crippen MR) is 111 cm³/mol. The third kappa shape index (κ3) is 4.10. The summed E-state index contributed by atoms with van der Waals surface area (Å²) in [6.07, 6.45) is 0. The Hall–Kier alpha value is -2.64. The van der Waals surface area contributed by atoms with Crippen molar-refractivity contribution in [3.05, 3.63) is 64.8 Å². The van der Waals surface area contributed by atoms with Gasteiger partial charge in [-0.1, -0.05) is 23.8 Å². The Kier molecular flexibility index (Phi) is 5.58. The zero-order valence-corrected chi connectivity index (χ0v) is 17.4. The molecule has 2 N–H and O–H groups in total. The number of aromatic amines is 1. The molecule has 3 aromatic rings. The quantitative estimate of drug-likeness (QED) is 0.668. The van der Waals surface area contributed by atoms with Crippen LogP contribution in [0.5, 0.6) is 0 Å². The third-order valence-corrected chi connectivity index (χ3v) is 6.78. The van der Waals surface area contributed by atoms with Gasteiger partial charge in [-0.3, -0.25) is 4.79 Å². The number of H-pyrrole nitrogens is 1. The highest BCUT2D eigenvalue weighted by atomic mass is 32.2. The number of hydrogen-bond donors (Lipinski definition) is 2. The zero-order chi connectivity index (χ0) is 20.5. The first-order chi connectivity index (χ1) is 13.2. The number of benzene rings is 2. The van der Waals surface area contributed by atoms with Crippen LogP contribution < -0.4 is 5.32 Å². The van der Waals surface area contributed by atoms with Crippen LogP contribution in [0, 0.1) is 20.8 Å². The molecule has 3 rings (SSSR count). The monoisotopic (exact) mass is 399 g/mol. The highest BCUT2D eigenvalue weighted by molar-refractivity contribution is 7.89. The molecule has 0 saturated heterocycles. The minimum absolute atomic E-state index is 0.178. The number of rotatable bonds is 6. The summed E-state index contributed by atoms with van der Waals surface area (Å²) in [4.78, 5) is 15.8. The normalized spacial score (nSPS) is 11.9. The number of aromatic nitrogens is 1. The van der Waals surface area contributed by atoms with Crippen LogP contribution in [0.25, 0.3) is 10.9 Å². The average Bonchev–Trinajstić information content (AvgIpc) is 2.94. The molecule has 1 aromatic heterocycles. The molecule has 28 heavy (non-hydrogen) atoms. The van der Waals surface area contributed by atoms with Crippen molar-refractivity contribution < 1.29 is 13.2 Å². The van der Waals surface area contributed by atoms with Crippen LogP contribution in [-0.4, -0.2) is 37.2 Å². The Labute approximate surface area is 165 Å². The van der Waals surface area contributed by atoms with Gasteiger partial charge in [0, 0.05) is 30.2 Å². The second kappa shape index (κ2) is 7.77. The molecular weight excluding hydrogens is 374 g/mol. The Bertz CT molecular complexity index is 1120. The highest BCUT2D eigenvalue weighted by Crippen LogP contribution is 2.22. The Morgan fingerprint density at radius 1 is 1.07 bits per heavy atom. The first-order valence-corrected chi connectivity index (χ1v) is 10.5. The molecule has 1 amide bonds. The van der Waals surface area contributed by atoms with E-state index >= 15 is 0 Å². The van der Waals surface area contributed by atoms with E-state index in [0.29, 0.717) is 6.54 Å². The van der Waals surface area contributed by atoms with Gasteiger partial charge in [-0.15, -0.1) is 0 Å². The molecule has 0 bridgehead atoms. The topological polar surface area (TPSA) is 82.3 Å². The summed E-state index contributed by atoms with van der Waals surface area (Å²) in [6.45, 7) is 6.08. The Balaban J connectivity index is 1.63. The van der Waals surface area contributed by atoms with Gasteiger partial charge in [-0.05, 0) is 56.2 Å². The fourth-order valence-corrected chi connectivity index (χ4v) is 4.18. The summed E-state index contributed by atoms with van der Waals surface area (Å²) in [5, 5.41) is 3.93. The first kappa shape index (κ1) is 20.1. The van der Waals surface area contributed by atoms with E-state index in [9.17, 15) is 13.2 Å². The summed E-state index contributed by atoms with van der Waals surface area (Å²) in [7, 11) is -2.29. The van der Waals surface area contributed by atoms with Crippen LogP contribution in [0.2, 0.25) is 0 Å². The average molecular weight is 400 g/mol. The van der Waals surface area contributed by atoms with E-state index in [-0.39, 0.29) is 17.3 Å². The van der Waals surface area contributed by atoms with E-state index in [1.54, 1.807) is 24.3 Å². The van der Waals surface area contributed by atoms with Crippen molar-refractivity contribution in [2.24, 2.45) is 0 Å². The van der Waals surface area contributed by atoms with Crippen molar-refractivity contribution in [3.8, 4) is 0 Å². The van der Waals surface area contributed by atoms with Crippen molar-refractivity contribution in [3.63, 3.8) is 0 Å². The molecule has 0 unspecified atom stereocenters. The SMILES string of the molecule is Cc1ccc(S(=O)(=O)N(C)CC(=O)NCc2ccc3[nH]c(C)c(C)c3c2)cc1. The van der Waals surface area contributed by atoms with Crippen molar-refractivity contribution >= 4 is 26.8 Å². The molecule has 0 spiro atoms. The number of sulfonamides is 1. The first-order valence-electron chi connectivity index (χ1n) is 9.06. The van der Waals surface area contributed by atoms with Crippen LogP contribution in [0.15, 0.2) is 47.4 Å². The number of amides is 1. The van der Waals surface area contributed by atoms with Gasteiger partial charge in [0.05, 0.1) is 11.4 Å². The third-order valence-electron chi connectivity index (χ3n) is 4.96. The second-order valence-corrected chi connectivity index (χ2v) is 9.15. The van der Waals surface area contributed by atoms with Crippen molar-refractivity contribution in [2.75, 3.05) is 13.6 Å². The molecule has 0 aliphatic rings. The number of fused-ring (bicyclic) bond motifs is 1. The predicted octanol–water partition coefficient (Wildman–Crippen LogP) is 3.03. The Morgan fingerprint density at radius 2 is 1.75 bits per heavy atom. The molecular formula is C21H25N3O3S. The second-order valence-electron chi connectivity index (χ2n) is 7.11. The standard InChI is InChI=1S/C21H25N3O3S/c1-14-5-8-18(9-6-14)28(26,27)24(4)13-21(25)22-12-17-7-10-20-19(11-17)15(2)16(3)23-20/h5-11,23H,12-13H2,1-4H3,(H,22,25). The van der Waals surface area contributed by atoms with Crippen LogP contribution in [0.4, 0.5) is 0 Å². The van der Waals surface area contributed by atoms with Gasteiger partial charge >= 0.3 is 0 Å². The maximum atomic E-state index is 12.6. The smallest absolute Gasteiger partial charge is 0.243 e. The molecule has 1 heterocycles. The summed E-state index contributed by atoms with van der Waals surface area (Å²) in [5.74, 6) is -0.347. The molecule has 0 radical (unpaired) electrons. The van der Waals surface area contributed by atoms with E-state index in [4.69, 9.17) is 0 Å². The largest absolute Gasteiger partial charge is 0.358 e. The van der Waals surface area contributed by atoms with Gasteiger partial charge < -0.3 is 10.3 Å². The van der Waals surface area contributed by atoms with Crippen molar-refractivity contribution in [2.45, 2.75) is 32.2 Å². The van der Waals surface area contributed by atoms with Crippen LogP contribution in [-0.2, 0) is 21.4 Å². The van der Waals surface area contributed by atoms with Gasteiger partial charge in [0.2, 0.25) is 15.9 Å². The minimum atomic E-state index is -3.70. The number of nitrogens with zero attached hydrogens (tertiary/aromatic N) is 1. The maximum absolute atomic E-state index is 12.6. The zero-order valence-electron chi connectivity index (χ0n) is 16.5. The van der Waals surface area contributed by atoms with E-state index < -0.39 is 10.0 Å². The van der Waals surface area contributed by atoms with Gasteiger partial charge in [-0.2, -0.15) is 4.31 Å². The molecule has 7 heteroatoms. The molecule has 148 valence electrons. The van der Waals surface area contributed by atoms with Crippen LogP contribution >= 0.6 is 0 Å². The lowest BCUT2D eigenvalue weighted by Crippen LogP contribution is -2.38. The Morgan fingerprint density at radius 3 is 2.43 bits per heavy atom. The summed E-state index contributed by atoms with van der Waals surface area (Å²) in [5.41, 5.74) is 5.32. The number of likely N-dealkylation sites (N-methyl/N-ethyl adjacent to an activating group) is 1. The number of carbonyl (C=O) groups excluding carboxylic acids is 1. The summed E-state index contributed by atoms with van der Waals surface area (Å²) < 4.78 is 26.2. The van der Waals surface area contributed by atoms with Crippen LogP contribution in [0.3, 0.4) is 0 Å². The van der Waals surface area contributed by atoms with E-state index in [1.165, 1.54) is 12.6 Å². The van der Waals surface area contributed by atoms with E-state index in [2.05, 4.69) is 17.2 Å². The van der Waals surface area contributed by atoms with E-state index in [0.717, 1.165) is 32.0 Å². The van der Waals surface area contributed by atoms with E-state index in [1.807, 2.05) is 32.0 Å². The fourth-order valence-electron chi connectivity index (χ4n) is 3.05. The molecule has 0 aliphatic heterocycles. The maximum Gasteiger partial charge on any atom is 0.243 e. The number of nitrogens with one attached hydrogen (secondary N) is 2. The van der Waals surface area contributed by atoms with Gasteiger partial charge in [-0.25, -0.2) is 8.42 Å².